The SMILES string of the molecule is CCCCCCC[CH2][Al]([CH2]CCCCCCC)[O]C(CC)OCC(C)C. The lowest BCUT2D eigenvalue weighted by Gasteiger charge is -2.23. The van der Waals surface area contributed by atoms with E-state index in [9.17, 15) is 0 Å². The van der Waals surface area contributed by atoms with Crippen LogP contribution >= 0.6 is 0 Å². The van der Waals surface area contributed by atoms with Crippen LogP contribution in [0.15, 0.2) is 0 Å². The molecule has 0 aliphatic rings. The van der Waals surface area contributed by atoms with Crippen LogP contribution in [0.3, 0.4) is 0 Å². The number of hydrogen-bond acceptors (Lipinski definition) is 2. The summed E-state index contributed by atoms with van der Waals surface area (Å²) in [5.41, 5.74) is 0. The molecule has 0 aromatic heterocycles. The normalized spacial score (nSPS) is 12.7. The fourth-order valence-corrected chi connectivity index (χ4v) is 6.10. The summed E-state index contributed by atoms with van der Waals surface area (Å²) in [6, 6.07) is 0. The molecule has 1 atom stereocenters. The summed E-state index contributed by atoms with van der Waals surface area (Å²) in [7, 11) is 0. The summed E-state index contributed by atoms with van der Waals surface area (Å²) in [6.07, 6.45) is 17.7. The molecule has 0 saturated heterocycles. The molecule has 156 valence electrons. The second kappa shape index (κ2) is 20.2. The second-order valence-electron chi connectivity index (χ2n) is 8.44. The van der Waals surface area contributed by atoms with Gasteiger partial charge in [0, 0.05) is 0 Å². The van der Waals surface area contributed by atoms with Crippen LogP contribution in [0.4, 0.5) is 0 Å². The van der Waals surface area contributed by atoms with Gasteiger partial charge in [-0.25, -0.2) is 0 Å². The molecular weight excluding hydrogens is 335 g/mol. The Morgan fingerprint density at radius 1 is 0.654 bits per heavy atom. The third-order valence-electron chi connectivity index (χ3n) is 5.05. The smallest absolute Gasteiger partial charge is 0.462 e. The average molecular weight is 385 g/mol. The fraction of sp³-hybridized carbons (Fsp3) is 1.00. The molecule has 0 aromatic rings. The summed E-state index contributed by atoms with van der Waals surface area (Å²) >= 11 is -1.11. The first-order valence-electron chi connectivity index (χ1n) is 11.9. The third kappa shape index (κ3) is 17.8. The van der Waals surface area contributed by atoms with Gasteiger partial charge in [0.05, 0.1) is 6.61 Å². The Morgan fingerprint density at radius 2 is 1.12 bits per heavy atom. The van der Waals surface area contributed by atoms with Gasteiger partial charge in [-0.1, -0.05) is 122 Å². The lowest BCUT2D eigenvalue weighted by atomic mass is 10.1. The second-order valence-corrected chi connectivity index (χ2v) is 11.1. The average Bonchev–Trinajstić information content (AvgIpc) is 2.63. The topological polar surface area (TPSA) is 18.5 Å². The molecule has 0 heterocycles. The van der Waals surface area contributed by atoms with Crippen LogP contribution in [0.1, 0.15) is 118 Å². The Hall–Kier alpha value is 0.452. The van der Waals surface area contributed by atoms with Crippen LogP contribution in [0.5, 0.6) is 0 Å². The Kier molecular flexibility index (Phi) is 20.5. The minimum absolute atomic E-state index is 0.0502. The van der Waals surface area contributed by atoms with Gasteiger partial charge in [0.25, 0.3) is 0 Å². The van der Waals surface area contributed by atoms with E-state index in [0.29, 0.717) is 5.92 Å². The molecule has 0 spiro atoms. The van der Waals surface area contributed by atoms with E-state index in [0.717, 1.165) is 13.0 Å². The fourth-order valence-electron chi connectivity index (χ4n) is 3.35. The Bertz CT molecular complexity index is 255. The van der Waals surface area contributed by atoms with Crippen molar-refractivity contribution in [2.45, 2.75) is 135 Å². The first-order valence-corrected chi connectivity index (χ1v) is 14.0. The van der Waals surface area contributed by atoms with Crippen molar-refractivity contribution in [2.24, 2.45) is 5.92 Å². The van der Waals surface area contributed by atoms with E-state index in [1.165, 1.54) is 87.6 Å². The molecule has 1 unspecified atom stereocenters. The van der Waals surface area contributed by atoms with Crippen LogP contribution in [-0.4, -0.2) is 27.4 Å². The zero-order valence-corrected chi connectivity index (χ0v) is 20.0. The molecule has 0 fully saturated rings. The maximum atomic E-state index is 6.52. The molecule has 0 N–H and O–H groups in total. The highest BCUT2D eigenvalue weighted by molar-refractivity contribution is 6.51. The molecule has 2 nitrogen and oxygen atoms in total. The summed E-state index contributed by atoms with van der Waals surface area (Å²) in [6.45, 7) is 12.0. The van der Waals surface area contributed by atoms with Gasteiger partial charge in [0.15, 0.2) is 0 Å². The van der Waals surface area contributed by atoms with Crippen molar-refractivity contribution in [3.05, 3.63) is 0 Å². The maximum Gasteiger partial charge on any atom is 0.462 e. The third-order valence-corrected chi connectivity index (χ3v) is 7.85. The predicted octanol–water partition coefficient (Wildman–Crippen LogP) is 8.12. The van der Waals surface area contributed by atoms with Gasteiger partial charge in [-0.3, -0.25) is 0 Å². The zero-order chi connectivity index (χ0) is 19.5. The number of rotatable bonds is 20. The minimum atomic E-state index is -1.11. The summed E-state index contributed by atoms with van der Waals surface area (Å²) in [5.74, 6) is 0.588. The minimum Gasteiger partial charge on any atom is -0.478 e. The van der Waals surface area contributed by atoms with Crippen molar-refractivity contribution < 1.29 is 8.53 Å². The standard InChI is InChI=1S/2C8H17.C7H15O2.Al/c2*1-3-5-7-8-6-4-2;1-4-7(8)9-5-6(2)3;/h2*1,3-8H2,2H3;6-7H,4-5H2,1-3H3;/q;;-1;+1. The van der Waals surface area contributed by atoms with Gasteiger partial charge in [-0.05, 0) is 12.3 Å². The van der Waals surface area contributed by atoms with Crippen molar-refractivity contribution in [1.82, 2.24) is 0 Å². The molecule has 0 aliphatic heterocycles. The van der Waals surface area contributed by atoms with E-state index in [-0.39, 0.29) is 6.29 Å². The van der Waals surface area contributed by atoms with Crippen molar-refractivity contribution in [3.8, 4) is 0 Å². The Balaban J connectivity index is 4.15. The number of hydrogen-bond donors (Lipinski definition) is 0. The maximum absolute atomic E-state index is 6.52. The molecular formula is C23H49AlO2. The lowest BCUT2D eigenvalue weighted by molar-refractivity contribution is -0.0931. The molecule has 0 saturated carbocycles. The van der Waals surface area contributed by atoms with Crippen molar-refractivity contribution >= 4 is 14.5 Å². The van der Waals surface area contributed by atoms with Gasteiger partial charge in [-0.2, -0.15) is 0 Å². The molecule has 0 bridgehead atoms. The van der Waals surface area contributed by atoms with E-state index >= 15 is 0 Å². The van der Waals surface area contributed by atoms with Crippen LogP contribution in [0, 0.1) is 5.92 Å². The molecule has 0 rings (SSSR count). The highest BCUT2D eigenvalue weighted by atomic mass is 27.2. The van der Waals surface area contributed by atoms with E-state index < -0.39 is 14.5 Å². The Labute approximate surface area is 170 Å². The largest absolute Gasteiger partial charge is 0.478 e. The molecule has 3 heteroatoms. The van der Waals surface area contributed by atoms with E-state index in [2.05, 4.69) is 34.6 Å². The van der Waals surface area contributed by atoms with Gasteiger partial charge >= 0.3 is 14.5 Å². The first kappa shape index (κ1) is 26.5. The molecule has 26 heavy (non-hydrogen) atoms. The Morgan fingerprint density at radius 3 is 1.54 bits per heavy atom. The van der Waals surface area contributed by atoms with Gasteiger partial charge < -0.3 is 8.53 Å². The van der Waals surface area contributed by atoms with Gasteiger partial charge in [-0.15, -0.1) is 0 Å². The number of ether oxygens (including phenoxy) is 1. The lowest BCUT2D eigenvalue weighted by Crippen LogP contribution is -2.28. The summed E-state index contributed by atoms with van der Waals surface area (Å²) in [5, 5.41) is 2.70. The molecule has 0 radical (unpaired) electrons. The highest BCUT2D eigenvalue weighted by Gasteiger charge is 2.23. The summed E-state index contributed by atoms with van der Waals surface area (Å²) in [4.78, 5) is 0. The van der Waals surface area contributed by atoms with Crippen LogP contribution < -0.4 is 0 Å². The highest BCUT2D eigenvalue weighted by Crippen LogP contribution is 2.18. The molecule has 0 aromatic carbocycles. The van der Waals surface area contributed by atoms with Crippen LogP contribution in [-0.2, 0) is 8.53 Å². The summed E-state index contributed by atoms with van der Waals surface area (Å²) < 4.78 is 12.5. The molecule has 0 amide bonds. The van der Waals surface area contributed by atoms with Crippen LogP contribution in [0.2, 0.25) is 10.6 Å². The molecule has 0 aliphatic carbocycles. The predicted molar refractivity (Wildman–Crippen MR) is 118 cm³/mol. The van der Waals surface area contributed by atoms with Crippen molar-refractivity contribution in [2.75, 3.05) is 6.61 Å². The number of unbranched alkanes of at least 4 members (excludes halogenated alkanes) is 10. The van der Waals surface area contributed by atoms with E-state index in [4.69, 9.17) is 8.53 Å². The zero-order valence-electron chi connectivity index (χ0n) is 18.9. The monoisotopic (exact) mass is 384 g/mol. The van der Waals surface area contributed by atoms with Crippen molar-refractivity contribution in [3.63, 3.8) is 0 Å². The van der Waals surface area contributed by atoms with Crippen LogP contribution in [0.25, 0.3) is 0 Å². The quantitative estimate of drug-likeness (QED) is 0.120. The van der Waals surface area contributed by atoms with Crippen molar-refractivity contribution in [1.29, 1.82) is 0 Å². The van der Waals surface area contributed by atoms with Gasteiger partial charge in [0.1, 0.15) is 6.29 Å². The van der Waals surface area contributed by atoms with E-state index in [1.54, 1.807) is 0 Å². The van der Waals surface area contributed by atoms with Gasteiger partial charge in [0.2, 0.25) is 0 Å². The van der Waals surface area contributed by atoms with E-state index in [1.807, 2.05) is 0 Å². The first-order chi connectivity index (χ1) is 12.6.